The van der Waals surface area contributed by atoms with E-state index < -0.39 is 0 Å². The molecule has 2 aromatic heterocycles. The highest BCUT2D eigenvalue weighted by Gasteiger charge is 2.24. The SMILES string of the molecule is COc1cc2c(cc1OC)CN(C(=O)/C=C/c1c(-c3ccc(F)cc3)nc3cccnn13)C2. The Morgan fingerprint density at radius 3 is 2.33 bits per heavy atom. The van der Waals surface area contributed by atoms with Crippen molar-refractivity contribution in [3.8, 4) is 22.8 Å². The number of fused-ring (bicyclic) bond motifs is 2. The van der Waals surface area contributed by atoms with Gasteiger partial charge in [-0.2, -0.15) is 5.10 Å². The lowest BCUT2D eigenvalue weighted by Gasteiger charge is -2.12. The minimum Gasteiger partial charge on any atom is -0.493 e. The molecule has 33 heavy (non-hydrogen) atoms. The van der Waals surface area contributed by atoms with E-state index in [2.05, 4.69) is 10.1 Å². The van der Waals surface area contributed by atoms with Crippen LogP contribution in [0.15, 0.2) is 60.8 Å². The van der Waals surface area contributed by atoms with Crippen LogP contribution in [-0.4, -0.2) is 39.6 Å². The Labute approximate surface area is 189 Å². The average molecular weight is 444 g/mol. The second-order valence-electron chi connectivity index (χ2n) is 7.65. The third-order valence-corrected chi connectivity index (χ3v) is 5.67. The number of halogens is 1. The topological polar surface area (TPSA) is 69.0 Å². The molecule has 1 amide bonds. The van der Waals surface area contributed by atoms with E-state index in [1.54, 1.807) is 54.1 Å². The highest BCUT2D eigenvalue weighted by Crippen LogP contribution is 2.35. The second kappa shape index (κ2) is 8.38. The molecule has 0 aliphatic carbocycles. The van der Waals surface area contributed by atoms with Crippen LogP contribution in [-0.2, 0) is 17.9 Å². The van der Waals surface area contributed by atoms with Crippen molar-refractivity contribution >= 4 is 17.6 Å². The van der Waals surface area contributed by atoms with E-state index >= 15 is 0 Å². The molecule has 3 heterocycles. The van der Waals surface area contributed by atoms with Crippen molar-refractivity contribution < 1.29 is 18.7 Å². The maximum Gasteiger partial charge on any atom is 0.247 e. The highest BCUT2D eigenvalue weighted by molar-refractivity contribution is 5.93. The third-order valence-electron chi connectivity index (χ3n) is 5.67. The van der Waals surface area contributed by atoms with Gasteiger partial charge in [0.05, 0.1) is 25.6 Å². The first kappa shape index (κ1) is 20.7. The summed E-state index contributed by atoms with van der Waals surface area (Å²) in [5.74, 6) is 0.818. The van der Waals surface area contributed by atoms with Crippen LogP contribution >= 0.6 is 0 Å². The van der Waals surface area contributed by atoms with Gasteiger partial charge in [-0.3, -0.25) is 4.79 Å². The summed E-state index contributed by atoms with van der Waals surface area (Å²) in [6.45, 7) is 0.962. The van der Waals surface area contributed by atoms with Gasteiger partial charge in [0.2, 0.25) is 5.91 Å². The average Bonchev–Trinajstić information content (AvgIpc) is 3.43. The molecule has 0 fully saturated rings. The number of carbonyl (C=O) groups is 1. The molecule has 1 aliphatic heterocycles. The molecule has 1 aliphatic rings. The number of hydrogen-bond acceptors (Lipinski definition) is 5. The first-order valence-corrected chi connectivity index (χ1v) is 10.4. The predicted molar refractivity (Wildman–Crippen MR) is 121 cm³/mol. The van der Waals surface area contributed by atoms with Crippen LogP contribution in [0.25, 0.3) is 23.0 Å². The van der Waals surface area contributed by atoms with Gasteiger partial charge in [0, 0.05) is 30.9 Å². The zero-order chi connectivity index (χ0) is 22.9. The first-order valence-electron chi connectivity index (χ1n) is 10.4. The van der Waals surface area contributed by atoms with E-state index in [0.29, 0.717) is 41.6 Å². The fourth-order valence-corrected chi connectivity index (χ4v) is 4.01. The molecule has 8 heteroatoms. The molecule has 2 aromatic carbocycles. The van der Waals surface area contributed by atoms with Gasteiger partial charge in [-0.15, -0.1) is 0 Å². The zero-order valence-corrected chi connectivity index (χ0v) is 18.2. The summed E-state index contributed by atoms with van der Waals surface area (Å²) in [4.78, 5) is 19.4. The van der Waals surface area contributed by atoms with Crippen molar-refractivity contribution in [3.63, 3.8) is 0 Å². The number of rotatable bonds is 5. The standard InChI is InChI=1S/C25H21FN4O3/c1-32-21-12-17-14-29(15-18(17)13-22(21)33-2)24(31)10-9-20-25(16-5-7-19(26)8-6-16)28-23-4-3-11-27-30(20)23/h3-13H,14-15H2,1-2H3/b10-9+. The minimum absolute atomic E-state index is 0.139. The normalized spacial score (nSPS) is 13.0. The number of aromatic nitrogens is 3. The monoisotopic (exact) mass is 444 g/mol. The fraction of sp³-hybridized carbons (Fsp3) is 0.160. The summed E-state index contributed by atoms with van der Waals surface area (Å²) in [5.41, 5.74) is 4.69. The Kier molecular flexibility index (Phi) is 5.26. The molecule has 0 saturated carbocycles. The van der Waals surface area contributed by atoms with Gasteiger partial charge >= 0.3 is 0 Å². The van der Waals surface area contributed by atoms with Gasteiger partial charge in [-0.25, -0.2) is 13.9 Å². The highest BCUT2D eigenvalue weighted by atomic mass is 19.1. The number of ether oxygens (including phenoxy) is 2. The van der Waals surface area contributed by atoms with E-state index in [1.807, 2.05) is 18.2 Å². The van der Waals surface area contributed by atoms with Crippen molar-refractivity contribution in [3.05, 3.63) is 83.4 Å². The Morgan fingerprint density at radius 1 is 1.03 bits per heavy atom. The number of hydrogen-bond donors (Lipinski definition) is 0. The lowest BCUT2D eigenvalue weighted by molar-refractivity contribution is -0.126. The van der Waals surface area contributed by atoms with Crippen molar-refractivity contribution in [1.29, 1.82) is 0 Å². The molecule has 5 rings (SSSR count). The predicted octanol–water partition coefficient (Wildman–Crippen LogP) is 4.11. The van der Waals surface area contributed by atoms with E-state index in [-0.39, 0.29) is 11.7 Å². The number of nitrogens with zero attached hydrogens (tertiary/aromatic N) is 4. The lowest BCUT2D eigenvalue weighted by Crippen LogP contribution is -2.23. The number of benzene rings is 2. The Morgan fingerprint density at radius 2 is 1.70 bits per heavy atom. The molecule has 0 atom stereocenters. The van der Waals surface area contributed by atoms with Crippen molar-refractivity contribution in [2.75, 3.05) is 14.2 Å². The zero-order valence-electron chi connectivity index (χ0n) is 18.2. The van der Waals surface area contributed by atoms with Gasteiger partial charge in [-0.1, -0.05) is 0 Å². The molecule has 0 saturated heterocycles. The summed E-state index contributed by atoms with van der Waals surface area (Å²) >= 11 is 0. The van der Waals surface area contributed by atoms with E-state index in [9.17, 15) is 9.18 Å². The van der Waals surface area contributed by atoms with Crippen molar-refractivity contribution in [1.82, 2.24) is 19.5 Å². The van der Waals surface area contributed by atoms with Gasteiger partial charge < -0.3 is 14.4 Å². The molecule has 0 bridgehead atoms. The lowest BCUT2D eigenvalue weighted by atomic mass is 10.1. The maximum absolute atomic E-state index is 13.4. The summed E-state index contributed by atoms with van der Waals surface area (Å²) in [5, 5.41) is 4.37. The summed E-state index contributed by atoms with van der Waals surface area (Å²) < 4.78 is 25.8. The van der Waals surface area contributed by atoms with Crippen molar-refractivity contribution in [2.24, 2.45) is 0 Å². The molecule has 7 nitrogen and oxygen atoms in total. The van der Waals surface area contributed by atoms with E-state index in [1.165, 1.54) is 18.2 Å². The number of methoxy groups -OCH3 is 2. The molecular formula is C25H21FN4O3. The van der Waals surface area contributed by atoms with Crippen LogP contribution in [0.3, 0.4) is 0 Å². The fourth-order valence-electron chi connectivity index (χ4n) is 4.01. The third kappa shape index (κ3) is 3.80. The molecule has 0 spiro atoms. The summed E-state index contributed by atoms with van der Waals surface area (Å²) in [6, 6.07) is 13.5. The van der Waals surface area contributed by atoms with Crippen molar-refractivity contribution in [2.45, 2.75) is 13.1 Å². The molecular weight excluding hydrogens is 423 g/mol. The smallest absolute Gasteiger partial charge is 0.247 e. The summed E-state index contributed by atoms with van der Waals surface area (Å²) in [6.07, 6.45) is 4.88. The van der Waals surface area contributed by atoms with Crippen LogP contribution < -0.4 is 9.47 Å². The van der Waals surface area contributed by atoms with E-state index in [0.717, 1.165) is 16.7 Å². The number of carbonyl (C=O) groups excluding carboxylic acids is 1. The molecule has 4 aromatic rings. The molecule has 0 unspecified atom stereocenters. The largest absolute Gasteiger partial charge is 0.493 e. The Balaban J connectivity index is 1.44. The minimum atomic E-state index is -0.324. The van der Waals surface area contributed by atoms with Crippen LogP contribution in [0.1, 0.15) is 16.8 Å². The Hall–Kier alpha value is -4.20. The van der Waals surface area contributed by atoms with Gasteiger partial charge in [0.1, 0.15) is 5.82 Å². The molecule has 166 valence electrons. The summed E-state index contributed by atoms with van der Waals surface area (Å²) in [7, 11) is 3.18. The maximum atomic E-state index is 13.4. The van der Waals surface area contributed by atoms with Crippen LogP contribution in [0, 0.1) is 5.82 Å². The first-order chi connectivity index (χ1) is 16.1. The Bertz CT molecular complexity index is 1350. The number of imidazole rings is 1. The quantitative estimate of drug-likeness (QED) is 0.434. The van der Waals surface area contributed by atoms with Crippen LogP contribution in [0.5, 0.6) is 11.5 Å². The second-order valence-corrected chi connectivity index (χ2v) is 7.65. The van der Waals surface area contributed by atoms with Gasteiger partial charge in [-0.05, 0) is 65.7 Å². The van der Waals surface area contributed by atoms with Crippen LogP contribution in [0.4, 0.5) is 4.39 Å². The van der Waals surface area contributed by atoms with Crippen LogP contribution in [0.2, 0.25) is 0 Å². The van der Waals surface area contributed by atoms with Gasteiger partial charge in [0.25, 0.3) is 0 Å². The number of amides is 1. The molecule has 0 radical (unpaired) electrons. The van der Waals surface area contributed by atoms with E-state index in [4.69, 9.17) is 9.47 Å². The molecule has 0 N–H and O–H groups in total. The van der Waals surface area contributed by atoms with Gasteiger partial charge in [0.15, 0.2) is 17.1 Å².